The van der Waals surface area contributed by atoms with Gasteiger partial charge in [0.05, 0.1) is 7.11 Å². The predicted octanol–water partition coefficient (Wildman–Crippen LogP) is 2.70. The molecule has 0 radical (unpaired) electrons. The zero-order valence-electron chi connectivity index (χ0n) is 10.6. The van der Waals surface area contributed by atoms with Crippen molar-refractivity contribution in [2.75, 3.05) is 13.7 Å². The van der Waals surface area contributed by atoms with Crippen LogP contribution >= 0.6 is 0 Å². The van der Waals surface area contributed by atoms with Gasteiger partial charge in [-0.15, -0.1) is 0 Å². The highest BCUT2D eigenvalue weighted by atomic mass is 16.5. The van der Waals surface area contributed by atoms with Gasteiger partial charge in [-0.3, -0.25) is 0 Å². The van der Waals surface area contributed by atoms with Gasteiger partial charge in [-0.1, -0.05) is 31.5 Å². The number of rotatable bonds is 3. The molecule has 88 valence electrons. The molecule has 0 aromatic heterocycles. The van der Waals surface area contributed by atoms with Gasteiger partial charge in [-0.2, -0.15) is 0 Å². The van der Waals surface area contributed by atoms with Crippen LogP contribution in [-0.4, -0.2) is 13.7 Å². The largest absolute Gasteiger partial charge is 0.496 e. The smallest absolute Gasteiger partial charge is 0.122 e. The molecule has 1 aromatic carbocycles. The maximum absolute atomic E-state index is 5.83. The first-order valence-electron chi connectivity index (χ1n) is 5.87. The van der Waals surface area contributed by atoms with E-state index in [-0.39, 0.29) is 0 Å². The van der Waals surface area contributed by atoms with Gasteiger partial charge in [0.1, 0.15) is 5.75 Å². The molecule has 2 heteroatoms. The van der Waals surface area contributed by atoms with Gasteiger partial charge in [0.2, 0.25) is 0 Å². The summed E-state index contributed by atoms with van der Waals surface area (Å²) in [4.78, 5) is 0. The minimum atomic E-state index is 0.315. The van der Waals surface area contributed by atoms with Crippen molar-refractivity contribution in [3.8, 4) is 5.75 Å². The van der Waals surface area contributed by atoms with Crippen molar-refractivity contribution in [3.05, 3.63) is 29.3 Å². The van der Waals surface area contributed by atoms with E-state index in [2.05, 4.69) is 39.0 Å². The molecule has 2 N–H and O–H groups in total. The van der Waals surface area contributed by atoms with E-state index in [1.807, 2.05) is 0 Å². The number of benzene rings is 1. The third kappa shape index (κ3) is 1.61. The minimum Gasteiger partial charge on any atom is -0.496 e. The van der Waals surface area contributed by atoms with Crippen molar-refractivity contribution in [2.45, 2.75) is 26.7 Å². The van der Waals surface area contributed by atoms with Crippen LogP contribution in [0.4, 0.5) is 0 Å². The van der Waals surface area contributed by atoms with Gasteiger partial charge in [-0.05, 0) is 42.3 Å². The van der Waals surface area contributed by atoms with Crippen LogP contribution in [0, 0.1) is 18.3 Å². The quantitative estimate of drug-likeness (QED) is 0.848. The summed E-state index contributed by atoms with van der Waals surface area (Å²) in [6.07, 6.45) is 0. The zero-order valence-corrected chi connectivity index (χ0v) is 10.6. The number of aryl methyl sites for hydroxylation is 1. The maximum Gasteiger partial charge on any atom is 0.122 e. The van der Waals surface area contributed by atoms with Gasteiger partial charge in [0.15, 0.2) is 0 Å². The Morgan fingerprint density at radius 2 is 2.06 bits per heavy atom. The van der Waals surface area contributed by atoms with Crippen molar-refractivity contribution in [2.24, 2.45) is 17.1 Å². The molecule has 0 spiro atoms. The molecule has 2 atom stereocenters. The Bertz CT molecular complexity index is 398. The summed E-state index contributed by atoms with van der Waals surface area (Å²) >= 11 is 0. The molecule has 0 unspecified atom stereocenters. The second-order valence-corrected chi connectivity index (χ2v) is 5.39. The first-order valence-corrected chi connectivity index (χ1v) is 5.87. The summed E-state index contributed by atoms with van der Waals surface area (Å²) in [5.74, 6) is 2.13. The molecule has 2 nitrogen and oxygen atoms in total. The molecule has 0 heterocycles. The van der Waals surface area contributed by atoms with Gasteiger partial charge in [0.25, 0.3) is 0 Å². The Kier molecular flexibility index (Phi) is 2.70. The van der Waals surface area contributed by atoms with Crippen LogP contribution in [0.15, 0.2) is 18.2 Å². The van der Waals surface area contributed by atoms with Gasteiger partial charge < -0.3 is 10.5 Å². The van der Waals surface area contributed by atoms with Crippen molar-refractivity contribution in [1.29, 1.82) is 0 Å². The molecule has 0 saturated heterocycles. The third-order valence-electron chi connectivity index (χ3n) is 4.02. The summed E-state index contributed by atoms with van der Waals surface area (Å²) in [6, 6.07) is 6.39. The summed E-state index contributed by atoms with van der Waals surface area (Å²) < 4.78 is 5.45. The topological polar surface area (TPSA) is 35.2 Å². The molecule has 1 saturated carbocycles. The van der Waals surface area contributed by atoms with E-state index in [9.17, 15) is 0 Å². The fourth-order valence-electron chi connectivity index (χ4n) is 2.90. The molecule has 1 aliphatic rings. The second-order valence-electron chi connectivity index (χ2n) is 5.39. The van der Waals surface area contributed by atoms with E-state index in [1.165, 1.54) is 11.1 Å². The van der Waals surface area contributed by atoms with Crippen molar-refractivity contribution in [3.63, 3.8) is 0 Å². The third-order valence-corrected chi connectivity index (χ3v) is 4.02. The average molecular weight is 219 g/mol. The van der Waals surface area contributed by atoms with Gasteiger partial charge in [0, 0.05) is 0 Å². The highest BCUT2D eigenvalue weighted by molar-refractivity contribution is 5.44. The Morgan fingerprint density at radius 3 is 2.56 bits per heavy atom. The Labute approximate surface area is 97.8 Å². The van der Waals surface area contributed by atoms with Crippen molar-refractivity contribution >= 4 is 0 Å². The van der Waals surface area contributed by atoms with E-state index in [1.54, 1.807) is 7.11 Å². The average Bonchev–Trinajstić information content (AvgIpc) is 2.80. The van der Waals surface area contributed by atoms with E-state index in [4.69, 9.17) is 10.5 Å². The number of hydrogen-bond acceptors (Lipinski definition) is 2. The van der Waals surface area contributed by atoms with Crippen LogP contribution in [0.5, 0.6) is 5.75 Å². The van der Waals surface area contributed by atoms with E-state index >= 15 is 0 Å². The molecule has 16 heavy (non-hydrogen) atoms. The molecular formula is C14H21NO. The Morgan fingerprint density at radius 1 is 1.38 bits per heavy atom. The number of nitrogens with two attached hydrogens (primary N) is 1. The molecule has 2 rings (SSSR count). The Hall–Kier alpha value is -1.02. The number of ether oxygens (including phenoxy) is 1. The first kappa shape index (κ1) is 11.5. The van der Waals surface area contributed by atoms with Gasteiger partial charge in [-0.25, -0.2) is 0 Å². The standard InChI is InChI=1S/C14H21NO/c1-9-5-6-12(16-4)10(7-9)13-11(8-15)14(13,2)3/h5-7,11,13H,8,15H2,1-4H3/t11-,13-/m0/s1. The molecule has 1 aliphatic carbocycles. The van der Waals surface area contributed by atoms with Crippen LogP contribution in [0.25, 0.3) is 0 Å². The summed E-state index contributed by atoms with van der Waals surface area (Å²) in [5.41, 5.74) is 8.75. The second kappa shape index (κ2) is 3.77. The van der Waals surface area contributed by atoms with Crippen LogP contribution in [0.1, 0.15) is 30.9 Å². The predicted molar refractivity (Wildman–Crippen MR) is 66.8 cm³/mol. The maximum atomic E-state index is 5.83. The normalized spacial score (nSPS) is 26.6. The summed E-state index contributed by atoms with van der Waals surface area (Å²) in [6.45, 7) is 7.46. The highest BCUT2D eigenvalue weighted by Gasteiger charge is 2.58. The van der Waals surface area contributed by atoms with Gasteiger partial charge >= 0.3 is 0 Å². The van der Waals surface area contributed by atoms with Crippen molar-refractivity contribution < 1.29 is 4.74 Å². The van der Waals surface area contributed by atoms with E-state index in [0.29, 0.717) is 17.3 Å². The lowest BCUT2D eigenvalue weighted by Gasteiger charge is -2.10. The molecular weight excluding hydrogens is 198 g/mol. The molecule has 1 fully saturated rings. The van der Waals surface area contributed by atoms with Crippen LogP contribution in [-0.2, 0) is 0 Å². The van der Waals surface area contributed by atoms with Crippen LogP contribution in [0.2, 0.25) is 0 Å². The lowest BCUT2D eigenvalue weighted by Crippen LogP contribution is -2.05. The fourth-order valence-corrected chi connectivity index (χ4v) is 2.90. The fraction of sp³-hybridized carbons (Fsp3) is 0.571. The van der Waals surface area contributed by atoms with Crippen LogP contribution in [0.3, 0.4) is 0 Å². The number of methoxy groups -OCH3 is 1. The van der Waals surface area contributed by atoms with Crippen molar-refractivity contribution in [1.82, 2.24) is 0 Å². The minimum absolute atomic E-state index is 0.315. The SMILES string of the molecule is COc1ccc(C)cc1[C@H]1[C@H](CN)C1(C)C. The highest BCUT2D eigenvalue weighted by Crippen LogP contribution is 2.65. The molecule has 0 amide bonds. The lowest BCUT2D eigenvalue weighted by atomic mass is 10.0. The van der Waals surface area contributed by atoms with E-state index in [0.717, 1.165) is 12.3 Å². The Balaban J connectivity index is 2.38. The zero-order chi connectivity index (χ0) is 11.9. The molecule has 1 aromatic rings. The summed E-state index contributed by atoms with van der Waals surface area (Å²) in [7, 11) is 1.74. The lowest BCUT2D eigenvalue weighted by molar-refractivity contribution is 0.407. The molecule has 0 aliphatic heterocycles. The number of hydrogen-bond donors (Lipinski definition) is 1. The summed E-state index contributed by atoms with van der Waals surface area (Å²) in [5, 5.41) is 0. The first-order chi connectivity index (χ1) is 7.52. The monoisotopic (exact) mass is 219 g/mol. The van der Waals surface area contributed by atoms with Crippen LogP contribution < -0.4 is 10.5 Å². The molecule has 0 bridgehead atoms. The van der Waals surface area contributed by atoms with E-state index < -0.39 is 0 Å².